The first kappa shape index (κ1) is 20.3. The number of hydrogen-bond donors (Lipinski definition) is 2. The Labute approximate surface area is 193 Å². The molecule has 0 aromatic carbocycles. The van der Waals surface area contributed by atoms with E-state index in [1.165, 1.54) is 0 Å². The second kappa shape index (κ2) is 7.37. The molecule has 1 saturated heterocycles. The van der Waals surface area contributed by atoms with E-state index in [-0.39, 0.29) is 6.61 Å². The summed E-state index contributed by atoms with van der Waals surface area (Å²) in [6, 6.07) is 2.34. The first-order valence-electron chi connectivity index (χ1n) is 11.0. The zero-order valence-electron chi connectivity index (χ0n) is 17.4. The Kier molecular flexibility index (Phi) is 4.68. The second-order valence-corrected chi connectivity index (χ2v) is 11.3. The summed E-state index contributed by atoms with van der Waals surface area (Å²) in [5, 5.41) is 24.1. The second-order valence-electron chi connectivity index (χ2n) is 9.31. The van der Waals surface area contributed by atoms with Gasteiger partial charge in [0, 0.05) is 43.6 Å². The average Bonchev–Trinajstić information content (AvgIpc) is 3.08. The van der Waals surface area contributed by atoms with Gasteiger partial charge in [0.25, 0.3) is 0 Å². The molecule has 6 rings (SSSR count). The lowest BCUT2D eigenvalue weighted by molar-refractivity contribution is 0.144. The fourth-order valence-corrected chi connectivity index (χ4v) is 7.00. The molecule has 32 heavy (non-hydrogen) atoms. The highest BCUT2D eigenvalue weighted by Crippen LogP contribution is 2.58. The van der Waals surface area contributed by atoms with Crippen molar-refractivity contribution in [3.63, 3.8) is 0 Å². The molecule has 3 atom stereocenters. The van der Waals surface area contributed by atoms with E-state index in [0.29, 0.717) is 56.9 Å². The minimum Gasteiger partial charge on any atom is -0.394 e. The van der Waals surface area contributed by atoms with Crippen LogP contribution in [0.1, 0.15) is 42.3 Å². The van der Waals surface area contributed by atoms with Crippen molar-refractivity contribution in [2.75, 3.05) is 35.7 Å². The Hall–Kier alpha value is -2.28. The van der Waals surface area contributed by atoms with Crippen LogP contribution in [-0.2, 0) is 17.2 Å². The summed E-state index contributed by atoms with van der Waals surface area (Å²) < 4.78 is 12.8. The van der Waals surface area contributed by atoms with Crippen LogP contribution in [0.2, 0.25) is 5.02 Å². The number of aliphatic hydroxyl groups excluding tert-OH is 1. The molecule has 0 spiro atoms. The Balaban J connectivity index is 1.32. The van der Waals surface area contributed by atoms with Gasteiger partial charge in [0.2, 0.25) is 0 Å². The first-order valence-corrected chi connectivity index (χ1v) is 12.7. The van der Waals surface area contributed by atoms with Crippen molar-refractivity contribution in [3.05, 3.63) is 34.5 Å². The number of nitrogens with one attached hydrogen (secondary N) is 1. The van der Waals surface area contributed by atoms with Crippen LogP contribution >= 0.6 is 11.6 Å². The van der Waals surface area contributed by atoms with Gasteiger partial charge in [-0.05, 0) is 31.1 Å². The summed E-state index contributed by atoms with van der Waals surface area (Å²) in [5.41, 5.74) is 1.44. The minimum absolute atomic E-state index is 0.00638. The van der Waals surface area contributed by atoms with Crippen LogP contribution in [0, 0.1) is 23.2 Å². The Morgan fingerprint density at radius 2 is 2.03 bits per heavy atom. The van der Waals surface area contributed by atoms with Crippen LogP contribution in [0.15, 0.2) is 17.3 Å². The van der Waals surface area contributed by atoms with Crippen LogP contribution in [0.4, 0.5) is 11.5 Å². The summed E-state index contributed by atoms with van der Waals surface area (Å²) in [5.74, 6) is 3.21. The smallest absolute Gasteiger partial charge is 0.149 e. The van der Waals surface area contributed by atoms with Gasteiger partial charge >= 0.3 is 0 Å². The Bertz CT molecular complexity index is 1140. The minimum atomic E-state index is -1.18. The van der Waals surface area contributed by atoms with E-state index >= 15 is 0 Å². The predicted molar refractivity (Wildman–Crippen MR) is 120 cm³/mol. The SMILES string of the molecule is N#Cc1c(N2CC3C(C2)C3c2ncc(Cl)cn2)nc2c(c1NC1(CO)CCC1)[S@](=O)CC2. The number of piperidine rings is 1. The molecule has 2 aliphatic carbocycles. The topological polar surface area (TPSA) is 115 Å². The van der Waals surface area contributed by atoms with Crippen molar-refractivity contribution in [2.24, 2.45) is 11.8 Å². The van der Waals surface area contributed by atoms with Crippen LogP contribution in [-0.4, -0.2) is 55.3 Å². The number of nitriles is 1. The molecule has 2 aliphatic heterocycles. The molecule has 0 amide bonds. The lowest BCUT2D eigenvalue weighted by Crippen LogP contribution is -2.48. The number of aliphatic hydroxyl groups is 1. The highest BCUT2D eigenvalue weighted by molar-refractivity contribution is 7.85. The van der Waals surface area contributed by atoms with E-state index < -0.39 is 16.3 Å². The molecular formula is C22H23ClN6O2S. The average molecular weight is 471 g/mol. The van der Waals surface area contributed by atoms with Gasteiger partial charge in [-0.15, -0.1) is 0 Å². The summed E-state index contributed by atoms with van der Waals surface area (Å²) in [6.45, 7) is 1.57. The monoisotopic (exact) mass is 470 g/mol. The fraction of sp³-hybridized carbons (Fsp3) is 0.545. The van der Waals surface area contributed by atoms with Gasteiger partial charge in [-0.2, -0.15) is 5.26 Å². The number of anilines is 2. The van der Waals surface area contributed by atoms with E-state index in [9.17, 15) is 14.6 Å². The first-order chi connectivity index (χ1) is 15.5. The van der Waals surface area contributed by atoms with Crippen LogP contribution in [0.3, 0.4) is 0 Å². The molecule has 2 unspecified atom stereocenters. The van der Waals surface area contributed by atoms with E-state index in [0.717, 1.165) is 43.9 Å². The molecule has 2 N–H and O–H groups in total. The van der Waals surface area contributed by atoms with Gasteiger partial charge in [0.1, 0.15) is 23.3 Å². The fourth-order valence-electron chi connectivity index (χ4n) is 5.53. The van der Waals surface area contributed by atoms with Crippen molar-refractivity contribution in [3.8, 4) is 6.07 Å². The molecule has 0 bridgehead atoms. The quantitative estimate of drug-likeness (QED) is 0.683. The van der Waals surface area contributed by atoms with Crippen molar-refractivity contribution in [1.29, 1.82) is 5.26 Å². The third-order valence-corrected chi connectivity index (χ3v) is 9.17. The van der Waals surface area contributed by atoms with Gasteiger partial charge in [-0.3, -0.25) is 4.21 Å². The van der Waals surface area contributed by atoms with Crippen LogP contribution in [0.5, 0.6) is 0 Å². The number of pyridine rings is 1. The van der Waals surface area contributed by atoms with E-state index in [4.69, 9.17) is 16.6 Å². The highest BCUT2D eigenvalue weighted by Gasteiger charge is 2.58. The molecule has 0 radical (unpaired) electrons. The number of fused-ring (bicyclic) bond motifs is 2. The summed E-state index contributed by atoms with van der Waals surface area (Å²) >= 11 is 5.92. The number of aromatic nitrogens is 3. The standard InChI is InChI=1S/C22H23ClN6O2S/c23-12-7-25-20(26-8-12)17-14-9-29(10-15(14)17)21-13(6-24)18(28-22(11-30)3-1-4-22)19-16(27-21)2-5-32(19)31/h7-8,14-15,17,30H,1-5,9-11H2,(H,27,28)/t14?,15?,17?,32-/m1/s1. The van der Waals surface area contributed by atoms with E-state index in [1.54, 1.807) is 12.4 Å². The number of halogens is 1. The molecule has 10 heteroatoms. The molecule has 4 aliphatic rings. The number of hydrogen-bond acceptors (Lipinski definition) is 8. The van der Waals surface area contributed by atoms with E-state index in [2.05, 4.69) is 26.3 Å². The lowest BCUT2D eigenvalue weighted by Gasteiger charge is -2.42. The van der Waals surface area contributed by atoms with Gasteiger partial charge < -0.3 is 15.3 Å². The maximum Gasteiger partial charge on any atom is 0.149 e. The summed E-state index contributed by atoms with van der Waals surface area (Å²) in [4.78, 5) is 16.5. The summed E-state index contributed by atoms with van der Waals surface area (Å²) in [6.07, 6.45) is 6.63. The third kappa shape index (κ3) is 3.04. The molecule has 2 saturated carbocycles. The summed E-state index contributed by atoms with van der Waals surface area (Å²) in [7, 11) is -1.18. The maximum absolute atomic E-state index is 12.8. The van der Waals surface area contributed by atoms with Gasteiger partial charge in [-0.25, -0.2) is 15.0 Å². The molecular weight excluding hydrogens is 448 g/mol. The third-order valence-electron chi connectivity index (χ3n) is 7.50. The van der Waals surface area contributed by atoms with Crippen LogP contribution in [0.25, 0.3) is 0 Å². The van der Waals surface area contributed by atoms with Crippen molar-refractivity contribution >= 4 is 33.9 Å². The molecule has 3 fully saturated rings. The number of nitrogens with zero attached hydrogens (tertiary/aromatic N) is 5. The van der Waals surface area contributed by atoms with Gasteiger partial charge in [0.05, 0.1) is 44.2 Å². The highest BCUT2D eigenvalue weighted by atomic mass is 35.5. The predicted octanol–water partition coefficient (Wildman–Crippen LogP) is 2.24. The van der Waals surface area contributed by atoms with Gasteiger partial charge in [-0.1, -0.05) is 11.6 Å². The Morgan fingerprint density at radius 3 is 2.62 bits per heavy atom. The van der Waals surface area contributed by atoms with Crippen LogP contribution < -0.4 is 10.2 Å². The van der Waals surface area contributed by atoms with Crippen molar-refractivity contribution in [2.45, 2.75) is 42.0 Å². The lowest BCUT2D eigenvalue weighted by atomic mass is 9.77. The number of aryl methyl sites for hydroxylation is 1. The number of rotatable bonds is 5. The molecule has 2 aromatic rings. The Morgan fingerprint density at radius 1 is 1.31 bits per heavy atom. The van der Waals surface area contributed by atoms with E-state index in [1.807, 2.05) is 0 Å². The van der Waals surface area contributed by atoms with Crippen molar-refractivity contribution in [1.82, 2.24) is 15.0 Å². The zero-order valence-corrected chi connectivity index (χ0v) is 19.0. The normalized spacial score (nSPS) is 29.1. The molecule has 8 nitrogen and oxygen atoms in total. The molecule has 4 heterocycles. The van der Waals surface area contributed by atoms with Gasteiger partial charge in [0.15, 0.2) is 0 Å². The maximum atomic E-state index is 12.8. The molecule has 166 valence electrons. The zero-order chi connectivity index (χ0) is 22.0. The largest absolute Gasteiger partial charge is 0.394 e. The van der Waals surface area contributed by atoms with Crippen molar-refractivity contribution < 1.29 is 9.32 Å². The molecule has 2 aromatic heterocycles.